The predicted octanol–water partition coefficient (Wildman–Crippen LogP) is 4.46. The van der Waals surface area contributed by atoms with E-state index in [1.54, 1.807) is 6.33 Å². The second kappa shape index (κ2) is 9.85. The monoisotopic (exact) mass is 399 g/mol. The smallest absolute Gasteiger partial charge is 0.222 e. The summed E-state index contributed by atoms with van der Waals surface area (Å²) in [6.07, 6.45) is 2.21. The molecule has 0 spiro atoms. The molecule has 5 nitrogen and oxygen atoms in total. The minimum absolute atomic E-state index is 0.0264. The van der Waals surface area contributed by atoms with Crippen LogP contribution in [0.1, 0.15) is 23.1 Å². The molecule has 0 aliphatic heterocycles. The van der Waals surface area contributed by atoms with Crippen LogP contribution in [0.5, 0.6) is 0 Å². The van der Waals surface area contributed by atoms with Crippen LogP contribution in [0.2, 0.25) is 0 Å². The molecule has 3 aromatic carbocycles. The molecule has 0 fully saturated rings. The fourth-order valence-corrected chi connectivity index (χ4v) is 3.39. The molecule has 5 heteroatoms. The van der Waals surface area contributed by atoms with Gasteiger partial charge >= 0.3 is 0 Å². The van der Waals surface area contributed by atoms with E-state index < -0.39 is 0 Å². The minimum Gasteiger partial charge on any atom is -0.372 e. The van der Waals surface area contributed by atoms with E-state index in [4.69, 9.17) is 4.74 Å². The van der Waals surface area contributed by atoms with Gasteiger partial charge in [0.25, 0.3) is 0 Å². The van der Waals surface area contributed by atoms with Gasteiger partial charge in [0.2, 0.25) is 5.91 Å². The number of imidazole rings is 1. The molecule has 0 saturated heterocycles. The lowest BCUT2D eigenvalue weighted by atomic mass is 10.1. The van der Waals surface area contributed by atoms with Gasteiger partial charge in [0.05, 0.1) is 30.6 Å². The SMILES string of the molecule is O=C(CCn1cnc2ccccc21)NCc1cccc(COCc2ccccc2)c1. The summed E-state index contributed by atoms with van der Waals surface area (Å²) in [5, 5.41) is 3.01. The van der Waals surface area contributed by atoms with Gasteiger partial charge in [-0.25, -0.2) is 4.98 Å². The molecule has 152 valence electrons. The zero-order chi connectivity index (χ0) is 20.6. The molecule has 0 bridgehead atoms. The zero-order valence-corrected chi connectivity index (χ0v) is 16.8. The number of rotatable bonds is 9. The Hall–Kier alpha value is -3.44. The normalized spacial score (nSPS) is 10.9. The Labute approximate surface area is 176 Å². The summed E-state index contributed by atoms with van der Waals surface area (Å²) in [5.41, 5.74) is 5.32. The number of aryl methyl sites for hydroxylation is 1. The van der Waals surface area contributed by atoms with Gasteiger partial charge in [-0.05, 0) is 28.8 Å². The molecule has 4 aromatic rings. The third kappa shape index (κ3) is 5.33. The average Bonchev–Trinajstić information content (AvgIpc) is 3.20. The molecule has 30 heavy (non-hydrogen) atoms. The van der Waals surface area contributed by atoms with Crippen molar-refractivity contribution < 1.29 is 9.53 Å². The fraction of sp³-hybridized carbons (Fsp3) is 0.200. The molecule has 1 N–H and O–H groups in total. The molecule has 0 unspecified atom stereocenters. The Kier molecular flexibility index (Phi) is 6.52. The summed E-state index contributed by atoms with van der Waals surface area (Å²) < 4.78 is 7.82. The van der Waals surface area contributed by atoms with Crippen LogP contribution in [0.4, 0.5) is 0 Å². The number of para-hydroxylation sites is 2. The first-order chi connectivity index (χ1) is 14.8. The third-order valence-electron chi connectivity index (χ3n) is 4.97. The van der Waals surface area contributed by atoms with Gasteiger partial charge in [-0.3, -0.25) is 4.79 Å². The molecule has 0 aliphatic carbocycles. The van der Waals surface area contributed by atoms with Crippen LogP contribution < -0.4 is 5.32 Å². The van der Waals surface area contributed by atoms with Crippen LogP contribution in [0.15, 0.2) is 85.2 Å². The lowest BCUT2D eigenvalue weighted by Gasteiger charge is -2.09. The van der Waals surface area contributed by atoms with E-state index in [1.807, 2.05) is 65.2 Å². The molecule has 4 rings (SSSR count). The Bertz CT molecular complexity index is 1110. The van der Waals surface area contributed by atoms with Crippen LogP contribution in [0.3, 0.4) is 0 Å². The van der Waals surface area contributed by atoms with E-state index in [-0.39, 0.29) is 5.91 Å². The second-order valence-corrected chi connectivity index (χ2v) is 7.25. The van der Waals surface area contributed by atoms with E-state index in [9.17, 15) is 4.79 Å². The summed E-state index contributed by atoms with van der Waals surface area (Å²) in [6, 6.07) is 26.2. The highest BCUT2D eigenvalue weighted by molar-refractivity contribution is 5.77. The third-order valence-corrected chi connectivity index (χ3v) is 4.97. The van der Waals surface area contributed by atoms with Gasteiger partial charge < -0.3 is 14.6 Å². The molecule has 1 heterocycles. The summed E-state index contributed by atoms with van der Waals surface area (Å²) in [7, 11) is 0. The van der Waals surface area contributed by atoms with Gasteiger partial charge in [-0.15, -0.1) is 0 Å². The number of fused-ring (bicyclic) bond motifs is 1. The molecule has 0 atom stereocenters. The van der Waals surface area contributed by atoms with Crippen molar-refractivity contribution in [1.82, 2.24) is 14.9 Å². The van der Waals surface area contributed by atoms with Crippen molar-refractivity contribution in [3.05, 3.63) is 102 Å². The molecular weight excluding hydrogens is 374 g/mol. The van der Waals surface area contributed by atoms with Crippen molar-refractivity contribution in [3.8, 4) is 0 Å². The highest BCUT2D eigenvalue weighted by atomic mass is 16.5. The van der Waals surface area contributed by atoms with E-state index in [1.165, 1.54) is 0 Å². The first-order valence-electron chi connectivity index (χ1n) is 10.1. The Balaban J connectivity index is 1.23. The highest BCUT2D eigenvalue weighted by Gasteiger charge is 2.06. The molecule has 0 aliphatic rings. The largest absolute Gasteiger partial charge is 0.372 e. The van der Waals surface area contributed by atoms with Gasteiger partial charge in [0, 0.05) is 19.5 Å². The van der Waals surface area contributed by atoms with Crippen LogP contribution >= 0.6 is 0 Å². The number of benzene rings is 3. The summed E-state index contributed by atoms with van der Waals surface area (Å²) >= 11 is 0. The van der Waals surface area contributed by atoms with Gasteiger partial charge in [0.15, 0.2) is 0 Å². The van der Waals surface area contributed by atoms with E-state index in [2.05, 4.69) is 28.5 Å². The van der Waals surface area contributed by atoms with Crippen LogP contribution in [0, 0.1) is 0 Å². The number of nitrogens with zero attached hydrogens (tertiary/aromatic N) is 2. The Morgan fingerprint density at radius 2 is 1.60 bits per heavy atom. The Morgan fingerprint density at radius 3 is 2.50 bits per heavy atom. The Morgan fingerprint density at radius 1 is 0.867 bits per heavy atom. The second-order valence-electron chi connectivity index (χ2n) is 7.25. The van der Waals surface area contributed by atoms with Crippen LogP contribution in [0.25, 0.3) is 11.0 Å². The van der Waals surface area contributed by atoms with Crippen molar-refractivity contribution in [2.75, 3.05) is 0 Å². The van der Waals surface area contributed by atoms with Crippen molar-refractivity contribution >= 4 is 16.9 Å². The van der Waals surface area contributed by atoms with Crippen LogP contribution in [-0.2, 0) is 35.8 Å². The molecule has 0 radical (unpaired) electrons. The van der Waals surface area contributed by atoms with Crippen molar-refractivity contribution in [1.29, 1.82) is 0 Å². The van der Waals surface area contributed by atoms with E-state index in [0.29, 0.717) is 32.7 Å². The highest BCUT2D eigenvalue weighted by Crippen LogP contribution is 2.12. The van der Waals surface area contributed by atoms with Crippen LogP contribution in [-0.4, -0.2) is 15.5 Å². The standard InChI is InChI=1S/C25H25N3O2/c29-25(13-14-28-19-27-23-11-4-5-12-24(23)28)26-16-21-9-6-10-22(15-21)18-30-17-20-7-2-1-3-8-20/h1-12,15,19H,13-14,16-18H2,(H,26,29). The number of ether oxygens (including phenoxy) is 1. The number of carbonyl (C=O) groups excluding carboxylic acids is 1. The lowest BCUT2D eigenvalue weighted by Crippen LogP contribution is -2.23. The topological polar surface area (TPSA) is 56.2 Å². The first kappa shape index (κ1) is 19.9. The number of hydrogen-bond acceptors (Lipinski definition) is 3. The minimum atomic E-state index is 0.0264. The summed E-state index contributed by atoms with van der Waals surface area (Å²) in [4.78, 5) is 16.7. The summed E-state index contributed by atoms with van der Waals surface area (Å²) in [5.74, 6) is 0.0264. The number of amides is 1. The number of carbonyl (C=O) groups is 1. The molecule has 1 amide bonds. The maximum atomic E-state index is 12.3. The number of hydrogen-bond donors (Lipinski definition) is 1. The van der Waals surface area contributed by atoms with Gasteiger partial charge in [-0.1, -0.05) is 66.7 Å². The van der Waals surface area contributed by atoms with E-state index >= 15 is 0 Å². The number of nitrogens with one attached hydrogen (secondary N) is 1. The summed E-state index contributed by atoms with van der Waals surface area (Å²) in [6.45, 7) is 2.25. The average molecular weight is 399 g/mol. The molecule has 1 aromatic heterocycles. The predicted molar refractivity (Wildman–Crippen MR) is 118 cm³/mol. The maximum absolute atomic E-state index is 12.3. The van der Waals surface area contributed by atoms with Gasteiger partial charge in [-0.2, -0.15) is 0 Å². The quantitative estimate of drug-likeness (QED) is 0.452. The number of aromatic nitrogens is 2. The van der Waals surface area contributed by atoms with Crippen molar-refractivity contribution in [2.45, 2.75) is 32.7 Å². The molecule has 0 saturated carbocycles. The van der Waals surface area contributed by atoms with Crippen molar-refractivity contribution in [2.24, 2.45) is 0 Å². The van der Waals surface area contributed by atoms with Crippen molar-refractivity contribution in [3.63, 3.8) is 0 Å². The van der Waals surface area contributed by atoms with Gasteiger partial charge in [0.1, 0.15) is 0 Å². The maximum Gasteiger partial charge on any atom is 0.222 e. The first-order valence-corrected chi connectivity index (χ1v) is 10.1. The van der Waals surface area contributed by atoms with E-state index in [0.717, 1.165) is 27.7 Å². The molecular formula is C25H25N3O2. The fourth-order valence-electron chi connectivity index (χ4n) is 3.39. The lowest BCUT2D eigenvalue weighted by molar-refractivity contribution is -0.121. The zero-order valence-electron chi connectivity index (χ0n) is 16.8.